The van der Waals surface area contributed by atoms with E-state index < -0.39 is 0 Å². The maximum Gasteiger partial charge on any atom is 0.287 e. The van der Waals surface area contributed by atoms with Crippen LogP contribution in [-0.4, -0.2) is 45.4 Å². The van der Waals surface area contributed by atoms with E-state index in [1.807, 2.05) is 16.4 Å². The summed E-state index contributed by atoms with van der Waals surface area (Å²) in [5.41, 5.74) is 1.94. The van der Waals surface area contributed by atoms with Crippen molar-refractivity contribution in [1.82, 2.24) is 19.8 Å². The number of aromatic nitrogens is 2. The molecule has 0 saturated carbocycles. The standard InChI is InChI=1S/C26H30N4O4/c1-17-11-15-34-23(17)24(31)27-19-9-13-29(14-10-19)25(32)18-7-8-20-21(16-18)28-22-6-4-2-3-5-12-30(22)26(20)33/h7-8,11,15-16,19H,2-6,9-10,12-14H2,1H3,(H,27,31). The summed E-state index contributed by atoms with van der Waals surface area (Å²) in [5.74, 6) is 0.882. The van der Waals surface area contributed by atoms with Crippen molar-refractivity contribution in [2.75, 3.05) is 13.1 Å². The summed E-state index contributed by atoms with van der Waals surface area (Å²) in [4.78, 5) is 45.2. The third-order valence-corrected chi connectivity index (χ3v) is 7.00. The van der Waals surface area contributed by atoms with E-state index in [0.717, 1.165) is 43.5 Å². The number of furan rings is 1. The fourth-order valence-electron chi connectivity index (χ4n) is 4.99. The lowest BCUT2D eigenvalue weighted by atomic mass is 10.0. The lowest BCUT2D eigenvalue weighted by Gasteiger charge is -2.32. The zero-order valence-corrected chi connectivity index (χ0v) is 19.5. The van der Waals surface area contributed by atoms with E-state index in [-0.39, 0.29) is 23.4 Å². The Bertz CT molecular complexity index is 1280. The molecule has 0 atom stereocenters. The number of hydrogen-bond donors (Lipinski definition) is 1. The van der Waals surface area contributed by atoms with Gasteiger partial charge in [-0.2, -0.15) is 0 Å². The Morgan fingerprint density at radius 1 is 1.06 bits per heavy atom. The number of carbonyl (C=O) groups excluding carboxylic acids is 2. The first-order chi connectivity index (χ1) is 16.5. The molecule has 5 rings (SSSR count). The SMILES string of the molecule is Cc1ccoc1C(=O)NC1CCN(C(=O)c2ccc3c(=O)n4c(nc3c2)CCCCCC4)CC1. The normalized spacial score (nSPS) is 17.1. The highest BCUT2D eigenvalue weighted by Gasteiger charge is 2.26. The van der Waals surface area contributed by atoms with Crippen LogP contribution < -0.4 is 10.9 Å². The first kappa shape index (κ1) is 22.4. The monoisotopic (exact) mass is 462 g/mol. The zero-order valence-electron chi connectivity index (χ0n) is 19.5. The zero-order chi connectivity index (χ0) is 23.7. The number of likely N-dealkylation sites (tertiary alicyclic amines) is 1. The molecule has 0 aliphatic carbocycles. The summed E-state index contributed by atoms with van der Waals surface area (Å²) in [6.07, 6.45) is 7.98. The molecule has 1 aromatic carbocycles. The number of benzene rings is 1. The van der Waals surface area contributed by atoms with Crippen molar-refractivity contribution in [2.45, 2.75) is 64.5 Å². The second-order valence-corrected chi connectivity index (χ2v) is 9.35. The lowest BCUT2D eigenvalue weighted by molar-refractivity contribution is 0.0695. The molecule has 2 amide bonds. The summed E-state index contributed by atoms with van der Waals surface area (Å²) in [6.45, 7) is 3.66. The highest BCUT2D eigenvalue weighted by atomic mass is 16.3. The molecule has 2 aliphatic heterocycles. The summed E-state index contributed by atoms with van der Waals surface area (Å²) in [6, 6.07) is 6.99. The minimum atomic E-state index is -0.214. The minimum Gasteiger partial charge on any atom is -0.459 e. The van der Waals surface area contributed by atoms with Crippen molar-refractivity contribution in [3.63, 3.8) is 0 Å². The molecule has 8 nitrogen and oxygen atoms in total. The van der Waals surface area contributed by atoms with E-state index in [0.29, 0.717) is 54.7 Å². The van der Waals surface area contributed by atoms with E-state index in [1.165, 1.54) is 6.26 Å². The molecule has 4 heterocycles. The van der Waals surface area contributed by atoms with Crippen molar-refractivity contribution in [3.05, 3.63) is 63.6 Å². The Hall–Kier alpha value is -3.42. The number of piperidine rings is 1. The largest absolute Gasteiger partial charge is 0.459 e. The molecular formula is C26H30N4O4. The molecule has 8 heteroatoms. The molecule has 34 heavy (non-hydrogen) atoms. The van der Waals surface area contributed by atoms with Gasteiger partial charge in [0.1, 0.15) is 5.82 Å². The number of rotatable bonds is 3. The molecule has 2 aromatic heterocycles. The Balaban J connectivity index is 1.28. The van der Waals surface area contributed by atoms with E-state index in [9.17, 15) is 14.4 Å². The van der Waals surface area contributed by atoms with Crippen LogP contribution in [0.15, 0.2) is 39.7 Å². The van der Waals surface area contributed by atoms with Gasteiger partial charge in [0.2, 0.25) is 0 Å². The van der Waals surface area contributed by atoms with Gasteiger partial charge < -0.3 is 14.6 Å². The first-order valence-corrected chi connectivity index (χ1v) is 12.2. The van der Waals surface area contributed by atoms with Crippen molar-refractivity contribution in [2.24, 2.45) is 0 Å². The van der Waals surface area contributed by atoms with Crippen LogP contribution in [0.3, 0.4) is 0 Å². The molecule has 1 fully saturated rings. The highest BCUT2D eigenvalue weighted by molar-refractivity contribution is 5.98. The van der Waals surface area contributed by atoms with Crippen molar-refractivity contribution >= 4 is 22.7 Å². The number of hydrogen-bond acceptors (Lipinski definition) is 5. The molecule has 2 aliphatic rings. The van der Waals surface area contributed by atoms with Gasteiger partial charge in [0.05, 0.1) is 17.2 Å². The van der Waals surface area contributed by atoms with Gasteiger partial charge in [-0.15, -0.1) is 0 Å². The molecular weight excluding hydrogens is 432 g/mol. The molecule has 3 aromatic rings. The van der Waals surface area contributed by atoms with E-state index >= 15 is 0 Å². The van der Waals surface area contributed by atoms with Crippen molar-refractivity contribution in [1.29, 1.82) is 0 Å². The number of nitrogens with zero attached hydrogens (tertiary/aromatic N) is 3. The van der Waals surface area contributed by atoms with Crippen LogP contribution in [0.5, 0.6) is 0 Å². The first-order valence-electron chi connectivity index (χ1n) is 12.2. The summed E-state index contributed by atoms with van der Waals surface area (Å²) >= 11 is 0. The lowest BCUT2D eigenvalue weighted by Crippen LogP contribution is -2.46. The van der Waals surface area contributed by atoms with Crippen LogP contribution >= 0.6 is 0 Å². The van der Waals surface area contributed by atoms with Crippen LogP contribution in [-0.2, 0) is 13.0 Å². The average molecular weight is 463 g/mol. The molecule has 1 saturated heterocycles. The van der Waals surface area contributed by atoms with Crippen LogP contribution in [0.2, 0.25) is 0 Å². The topological polar surface area (TPSA) is 97.4 Å². The molecule has 1 N–H and O–H groups in total. The second kappa shape index (κ2) is 9.44. The Morgan fingerprint density at radius 3 is 2.62 bits per heavy atom. The van der Waals surface area contributed by atoms with Gasteiger partial charge in [0.15, 0.2) is 5.76 Å². The minimum absolute atomic E-state index is 0.00101. The number of fused-ring (bicyclic) bond motifs is 2. The summed E-state index contributed by atoms with van der Waals surface area (Å²) in [5, 5.41) is 3.58. The molecule has 0 spiro atoms. The van der Waals surface area contributed by atoms with Gasteiger partial charge in [0.25, 0.3) is 17.4 Å². The quantitative estimate of drug-likeness (QED) is 0.643. The number of aryl methyl sites for hydroxylation is 2. The van der Waals surface area contributed by atoms with Gasteiger partial charge >= 0.3 is 0 Å². The van der Waals surface area contributed by atoms with Gasteiger partial charge in [-0.25, -0.2) is 4.98 Å². The Morgan fingerprint density at radius 2 is 1.85 bits per heavy atom. The number of carbonyl (C=O) groups is 2. The molecule has 0 unspecified atom stereocenters. The summed E-state index contributed by atoms with van der Waals surface area (Å²) < 4.78 is 7.08. The maximum absolute atomic E-state index is 13.2. The predicted molar refractivity (Wildman–Crippen MR) is 128 cm³/mol. The fourth-order valence-corrected chi connectivity index (χ4v) is 4.99. The number of nitrogens with one attached hydrogen (secondary N) is 1. The van der Waals surface area contributed by atoms with Crippen molar-refractivity contribution < 1.29 is 14.0 Å². The van der Waals surface area contributed by atoms with Gasteiger partial charge in [-0.3, -0.25) is 19.0 Å². The average Bonchev–Trinajstić information content (AvgIpc) is 3.26. The van der Waals surface area contributed by atoms with Crippen LogP contribution in [0.1, 0.15) is 70.8 Å². The van der Waals surface area contributed by atoms with Gasteiger partial charge in [-0.1, -0.05) is 12.8 Å². The van der Waals surface area contributed by atoms with E-state index in [2.05, 4.69) is 5.32 Å². The Kier molecular flexibility index (Phi) is 6.22. The van der Waals surface area contributed by atoms with Crippen LogP contribution in [0.25, 0.3) is 10.9 Å². The second-order valence-electron chi connectivity index (χ2n) is 9.35. The van der Waals surface area contributed by atoms with E-state index in [1.54, 1.807) is 24.3 Å². The third kappa shape index (κ3) is 4.36. The maximum atomic E-state index is 13.2. The smallest absolute Gasteiger partial charge is 0.287 e. The molecule has 178 valence electrons. The fraction of sp³-hybridized carbons (Fsp3) is 0.462. The van der Waals surface area contributed by atoms with Crippen molar-refractivity contribution in [3.8, 4) is 0 Å². The summed E-state index contributed by atoms with van der Waals surface area (Å²) in [7, 11) is 0. The number of amides is 2. The third-order valence-electron chi connectivity index (χ3n) is 7.00. The van der Waals surface area contributed by atoms with Gasteiger partial charge in [-0.05, 0) is 56.9 Å². The van der Waals surface area contributed by atoms with E-state index in [4.69, 9.17) is 9.40 Å². The van der Waals surface area contributed by atoms with Crippen LogP contribution in [0.4, 0.5) is 0 Å². The molecule has 0 radical (unpaired) electrons. The predicted octanol–water partition coefficient (Wildman–Crippen LogP) is 3.45. The van der Waals surface area contributed by atoms with Gasteiger partial charge in [0, 0.05) is 43.2 Å². The molecule has 0 bridgehead atoms. The van der Waals surface area contributed by atoms with Crippen LogP contribution in [0, 0.1) is 6.92 Å². The Labute approximate surface area is 198 Å². The highest BCUT2D eigenvalue weighted by Crippen LogP contribution is 2.20.